The Morgan fingerprint density at radius 3 is 2.73 bits per heavy atom. The van der Waals surface area contributed by atoms with Gasteiger partial charge in [-0.15, -0.1) is 0 Å². The van der Waals surface area contributed by atoms with Gasteiger partial charge in [0.1, 0.15) is 5.82 Å². The van der Waals surface area contributed by atoms with Gasteiger partial charge in [0.05, 0.1) is 0 Å². The van der Waals surface area contributed by atoms with Gasteiger partial charge in [0, 0.05) is 24.7 Å². The predicted octanol–water partition coefficient (Wildman–Crippen LogP) is 2.77. The Balaban J connectivity index is 2.42. The second-order valence-electron chi connectivity index (χ2n) is 4.48. The first-order valence-corrected chi connectivity index (χ1v) is 5.74. The van der Waals surface area contributed by atoms with Gasteiger partial charge in [0.25, 0.3) is 0 Å². The first kappa shape index (κ1) is 10.4. The maximum absolute atomic E-state index is 11.5. The van der Waals surface area contributed by atoms with E-state index in [1.54, 1.807) is 23.9 Å². The molecule has 0 amide bonds. The average molecular weight is 206 g/mol. The summed E-state index contributed by atoms with van der Waals surface area (Å²) in [6.45, 7) is 3.80. The van der Waals surface area contributed by atoms with Gasteiger partial charge < -0.3 is 0 Å². The van der Waals surface area contributed by atoms with Gasteiger partial charge in [-0.2, -0.15) is 0 Å². The van der Waals surface area contributed by atoms with Crippen LogP contribution < -0.4 is 0 Å². The Morgan fingerprint density at radius 2 is 2.20 bits per heavy atom. The minimum atomic E-state index is 0.0715. The lowest BCUT2D eigenvalue weighted by Crippen LogP contribution is -2.27. The minimum absolute atomic E-state index is 0.0715. The van der Waals surface area contributed by atoms with Crippen LogP contribution in [0, 0.1) is 0 Å². The van der Waals surface area contributed by atoms with Gasteiger partial charge in [0.15, 0.2) is 0 Å². The molecule has 0 unspecified atom stereocenters. The van der Waals surface area contributed by atoms with Crippen LogP contribution in [0.5, 0.6) is 0 Å². The molecule has 0 aliphatic heterocycles. The lowest BCUT2D eigenvalue weighted by atomic mass is 9.82. The molecule has 1 aliphatic carbocycles. The molecule has 3 heteroatoms. The Bertz CT molecular complexity index is 361. The van der Waals surface area contributed by atoms with Crippen LogP contribution in [-0.2, 0) is 5.41 Å². The van der Waals surface area contributed by atoms with Gasteiger partial charge in [-0.05, 0) is 19.3 Å². The first-order chi connectivity index (χ1) is 7.19. The van der Waals surface area contributed by atoms with Gasteiger partial charge in [0.2, 0.25) is 5.91 Å². The van der Waals surface area contributed by atoms with Crippen molar-refractivity contribution in [1.82, 2.24) is 9.55 Å². The molecule has 1 aromatic heterocycles. The number of imidazole rings is 1. The molecule has 0 N–H and O–H groups in total. The first-order valence-electron chi connectivity index (χ1n) is 5.74. The number of hydrogen-bond acceptors (Lipinski definition) is 2. The molecular formula is C12H18N2O. The highest BCUT2D eigenvalue weighted by molar-refractivity contribution is 5.76. The summed E-state index contributed by atoms with van der Waals surface area (Å²) in [5, 5.41) is 0. The normalized spacial score (nSPS) is 19.3. The van der Waals surface area contributed by atoms with Gasteiger partial charge in [-0.25, -0.2) is 4.98 Å². The molecule has 1 aliphatic rings. The SMILES string of the molecule is CCC1(c2nccn2C(C)=O)CCCC1. The fraction of sp³-hybridized carbons (Fsp3) is 0.667. The summed E-state index contributed by atoms with van der Waals surface area (Å²) in [6, 6.07) is 0. The summed E-state index contributed by atoms with van der Waals surface area (Å²) < 4.78 is 1.72. The number of rotatable bonds is 2. The van der Waals surface area contributed by atoms with E-state index in [1.165, 1.54) is 25.7 Å². The number of carbonyl (C=O) groups is 1. The summed E-state index contributed by atoms with van der Waals surface area (Å²) in [4.78, 5) is 15.9. The van der Waals surface area contributed by atoms with Crippen molar-refractivity contribution in [1.29, 1.82) is 0 Å². The fourth-order valence-corrected chi connectivity index (χ4v) is 2.74. The maximum Gasteiger partial charge on any atom is 0.228 e. The Labute approximate surface area is 90.5 Å². The number of nitrogens with zero attached hydrogens (tertiary/aromatic N) is 2. The highest BCUT2D eigenvalue weighted by Gasteiger charge is 2.37. The van der Waals surface area contributed by atoms with Crippen molar-refractivity contribution in [2.45, 2.75) is 51.4 Å². The maximum atomic E-state index is 11.5. The topological polar surface area (TPSA) is 34.9 Å². The van der Waals surface area contributed by atoms with Crippen LogP contribution in [0.2, 0.25) is 0 Å². The minimum Gasteiger partial charge on any atom is -0.274 e. The van der Waals surface area contributed by atoms with Crippen LogP contribution in [0.3, 0.4) is 0 Å². The smallest absolute Gasteiger partial charge is 0.228 e. The van der Waals surface area contributed by atoms with Crippen LogP contribution >= 0.6 is 0 Å². The third-order valence-electron chi connectivity index (χ3n) is 3.69. The average Bonchev–Trinajstić information content (AvgIpc) is 2.87. The zero-order chi connectivity index (χ0) is 10.9. The zero-order valence-corrected chi connectivity index (χ0v) is 9.49. The molecule has 1 aromatic rings. The summed E-state index contributed by atoms with van der Waals surface area (Å²) in [5.41, 5.74) is 0.162. The molecule has 0 bridgehead atoms. The highest BCUT2D eigenvalue weighted by Crippen LogP contribution is 2.42. The van der Waals surface area contributed by atoms with Gasteiger partial charge in [-0.1, -0.05) is 19.8 Å². The van der Waals surface area contributed by atoms with Gasteiger partial charge >= 0.3 is 0 Å². The van der Waals surface area contributed by atoms with Crippen molar-refractivity contribution in [2.75, 3.05) is 0 Å². The van der Waals surface area contributed by atoms with E-state index in [-0.39, 0.29) is 11.3 Å². The molecular weight excluding hydrogens is 188 g/mol. The van der Waals surface area contributed by atoms with Crippen molar-refractivity contribution < 1.29 is 4.79 Å². The van der Waals surface area contributed by atoms with E-state index < -0.39 is 0 Å². The van der Waals surface area contributed by atoms with Crippen molar-refractivity contribution in [2.24, 2.45) is 0 Å². The number of aromatic nitrogens is 2. The molecule has 3 nitrogen and oxygen atoms in total. The fourth-order valence-electron chi connectivity index (χ4n) is 2.74. The molecule has 0 saturated heterocycles. The molecule has 0 spiro atoms. The summed E-state index contributed by atoms with van der Waals surface area (Å²) in [7, 11) is 0. The lowest BCUT2D eigenvalue weighted by Gasteiger charge is -2.26. The molecule has 15 heavy (non-hydrogen) atoms. The lowest BCUT2D eigenvalue weighted by molar-refractivity contribution is 0.0926. The van der Waals surface area contributed by atoms with Crippen LogP contribution in [0.25, 0.3) is 0 Å². The second kappa shape index (κ2) is 3.80. The van der Waals surface area contributed by atoms with Crippen LogP contribution in [0.15, 0.2) is 12.4 Å². The summed E-state index contributed by atoms with van der Waals surface area (Å²) in [5.74, 6) is 1.05. The van der Waals surface area contributed by atoms with Crippen LogP contribution in [-0.4, -0.2) is 15.5 Å². The molecule has 1 fully saturated rings. The van der Waals surface area contributed by atoms with E-state index in [9.17, 15) is 4.79 Å². The largest absolute Gasteiger partial charge is 0.274 e. The zero-order valence-electron chi connectivity index (χ0n) is 9.49. The van der Waals surface area contributed by atoms with E-state index >= 15 is 0 Å². The van der Waals surface area contributed by atoms with E-state index in [0.29, 0.717) is 0 Å². The van der Waals surface area contributed by atoms with E-state index in [0.717, 1.165) is 12.2 Å². The van der Waals surface area contributed by atoms with E-state index in [4.69, 9.17) is 0 Å². The summed E-state index contributed by atoms with van der Waals surface area (Å²) in [6.07, 6.45) is 9.48. The Kier molecular flexibility index (Phi) is 2.63. The Hall–Kier alpha value is -1.12. The van der Waals surface area contributed by atoms with E-state index in [2.05, 4.69) is 11.9 Å². The summed E-state index contributed by atoms with van der Waals surface area (Å²) >= 11 is 0. The third-order valence-corrected chi connectivity index (χ3v) is 3.69. The van der Waals surface area contributed by atoms with Crippen LogP contribution in [0.1, 0.15) is 56.6 Å². The molecule has 0 atom stereocenters. The second-order valence-corrected chi connectivity index (χ2v) is 4.48. The number of carbonyl (C=O) groups excluding carboxylic acids is 1. The van der Waals surface area contributed by atoms with Crippen molar-refractivity contribution in [3.05, 3.63) is 18.2 Å². The third kappa shape index (κ3) is 1.60. The van der Waals surface area contributed by atoms with E-state index in [1.807, 2.05) is 0 Å². The predicted molar refractivity (Wildman–Crippen MR) is 59.0 cm³/mol. The highest BCUT2D eigenvalue weighted by atomic mass is 16.1. The molecule has 1 saturated carbocycles. The molecule has 1 heterocycles. The molecule has 2 rings (SSSR count). The van der Waals surface area contributed by atoms with Crippen molar-refractivity contribution in [3.8, 4) is 0 Å². The standard InChI is InChI=1S/C12H18N2O/c1-3-12(6-4-5-7-12)11-13-8-9-14(11)10(2)15/h8-9H,3-7H2,1-2H3. The van der Waals surface area contributed by atoms with Crippen LogP contribution in [0.4, 0.5) is 0 Å². The molecule has 0 aromatic carbocycles. The Morgan fingerprint density at radius 1 is 1.53 bits per heavy atom. The number of hydrogen-bond donors (Lipinski definition) is 0. The monoisotopic (exact) mass is 206 g/mol. The molecule has 82 valence electrons. The van der Waals surface area contributed by atoms with Crippen molar-refractivity contribution >= 4 is 5.91 Å². The van der Waals surface area contributed by atoms with Gasteiger partial charge in [-0.3, -0.25) is 9.36 Å². The quantitative estimate of drug-likeness (QED) is 0.745. The van der Waals surface area contributed by atoms with Crippen molar-refractivity contribution in [3.63, 3.8) is 0 Å². The molecule has 0 radical (unpaired) electrons.